The van der Waals surface area contributed by atoms with Crippen LogP contribution in [-0.2, 0) is 22.9 Å². The SMILES string of the molecule is O=S(=O)(NC1CCc2ccccc2C1)c1ccnc(Cl)c1. The summed E-state index contributed by atoms with van der Waals surface area (Å²) in [6.07, 6.45) is 3.80. The second-order valence-electron chi connectivity index (χ2n) is 5.14. The minimum atomic E-state index is -3.56. The summed E-state index contributed by atoms with van der Waals surface area (Å²) in [4.78, 5) is 3.96. The molecule has 2 aromatic rings. The molecule has 0 spiro atoms. The van der Waals surface area contributed by atoms with Crippen LogP contribution in [0.15, 0.2) is 47.5 Å². The van der Waals surface area contributed by atoms with Gasteiger partial charge in [0.2, 0.25) is 10.0 Å². The van der Waals surface area contributed by atoms with Crippen LogP contribution in [0.1, 0.15) is 17.5 Å². The number of hydrogen-bond donors (Lipinski definition) is 1. The Balaban J connectivity index is 1.78. The van der Waals surface area contributed by atoms with Crippen LogP contribution in [0.4, 0.5) is 0 Å². The zero-order chi connectivity index (χ0) is 14.9. The quantitative estimate of drug-likeness (QED) is 0.884. The second kappa shape index (κ2) is 5.75. The fourth-order valence-electron chi connectivity index (χ4n) is 2.64. The summed E-state index contributed by atoms with van der Waals surface area (Å²) in [6.45, 7) is 0. The Bertz CT molecular complexity index is 762. The predicted molar refractivity (Wildman–Crippen MR) is 81.8 cm³/mol. The maximum Gasteiger partial charge on any atom is 0.240 e. The van der Waals surface area contributed by atoms with Crippen molar-refractivity contribution in [3.05, 3.63) is 58.9 Å². The van der Waals surface area contributed by atoms with Crippen molar-refractivity contribution < 1.29 is 8.42 Å². The third-order valence-corrected chi connectivity index (χ3v) is 5.40. The van der Waals surface area contributed by atoms with Gasteiger partial charge in [0.1, 0.15) is 5.15 Å². The van der Waals surface area contributed by atoms with Crippen LogP contribution in [-0.4, -0.2) is 19.4 Å². The number of nitrogens with zero attached hydrogens (tertiary/aromatic N) is 1. The van der Waals surface area contributed by atoms with Crippen molar-refractivity contribution in [2.24, 2.45) is 0 Å². The van der Waals surface area contributed by atoms with Crippen molar-refractivity contribution >= 4 is 21.6 Å². The first-order valence-electron chi connectivity index (χ1n) is 6.75. The highest BCUT2D eigenvalue weighted by Crippen LogP contribution is 2.22. The number of hydrogen-bond acceptors (Lipinski definition) is 3. The number of sulfonamides is 1. The van der Waals surface area contributed by atoms with Gasteiger partial charge < -0.3 is 0 Å². The summed E-state index contributed by atoms with van der Waals surface area (Å²) in [6, 6.07) is 10.9. The van der Waals surface area contributed by atoms with Crippen molar-refractivity contribution in [1.29, 1.82) is 0 Å². The first-order valence-corrected chi connectivity index (χ1v) is 8.61. The summed E-state index contributed by atoms with van der Waals surface area (Å²) in [5.74, 6) is 0. The maximum atomic E-state index is 12.4. The molecule has 110 valence electrons. The molecule has 0 radical (unpaired) electrons. The van der Waals surface area contributed by atoms with E-state index in [-0.39, 0.29) is 16.1 Å². The summed E-state index contributed by atoms with van der Waals surface area (Å²) < 4.78 is 27.5. The Labute approximate surface area is 129 Å². The van der Waals surface area contributed by atoms with Gasteiger partial charge in [0.15, 0.2) is 0 Å². The van der Waals surface area contributed by atoms with Crippen molar-refractivity contribution in [3.8, 4) is 0 Å². The Morgan fingerprint density at radius 3 is 2.71 bits per heavy atom. The third kappa shape index (κ3) is 3.26. The van der Waals surface area contributed by atoms with E-state index in [1.54, 1.807) is 0 Å². The van der Waals surface area contributed by atoms with Crippen LogP contribution in [0.5, 0.6) is 0 Å². The molecule has 1 heterocycles. The largest absolute Gasteiger partial charge is 0.244 e. The van der Waals surface area contributed by atoms with Crippen molar-refractivity contribution in [2.75, 3.05) is 0 Å². The second-order valence-corrected chi connectivity index (χ2v) is 7.25. The lowest BCUT2D eigenvalue weighted by Gasteiger charge is -2.25. The number of pyridine rings is 1. The molecule has 1 aliphatic carbocycles. The molecule has 1 N–H and O–H groups in total. The van der Waals surface area contributed by atoms with Crippen LogP contribution in [0.3, 0.4) is 0 Å². The van der Waals surface area contributed by atoms with Crippen LogP contribution >= 0.6 is 11.6 Å². The van der Waals surface area contributed by atoms with Gasteiger partial charge in [0, 0.05) is 12.2 Å². The molecule has 0 amide bonds. The van der Waals surface area contributed by atoms with Gasteiger partial charge in [-0.25, -0.2) is 18.1 Å². The van der Waals surface area contributed by atoms with E-state index in [1.807, 2.05) is 12.1 Å². The van der Waals surface area contributed by atoms with Gasteiger partial charge in [0.25, 0.3) is 0 Å². The highest BCUT2D eigenvalue weighted by molar-refractivity contribution is 7.89. The van der Waals surface area contributed by atoms with Crippen molar-refractivity contribution in [2.45, 2.75) is 30.2 Å². The lowest BCUT2D eigenvalue weighted by Crippen LogP contribution is -2.38. The van der Waals surface area contributed by atoms with E-state index in [2.05, 4.69) is 21.8 Å². The van der Waals surface area contributed by atoms with Gasteiger partial charge in [0.05, 0.1) is 4.90 Å². The Morgan fingerprint density at radius 2 is 1.95 bits per heavy atom. The van der Waals surface area contributed by atoms with Gasteiger partial charge >= 0.3 is 0 Å². The molecule has 0 aliphatic heterocycles. The normalized spacial score (nSPS) is 18.2. The number of rotatable bonds is 3. The molecule has 1 atom stereocenters. The fraction of sp³-hybridized carbons (Fsp3) is 0.267. The van der Waals surface area contributed by atoms with E-state index in [1.165, 1.54) is 29.5 Å². The van der Waals surface area contributed by atoms with Crippen LogP contribution in [0.2, 0.25) is 5.15 Å². The molecule has 1 unspecified atom stereocenters. The van der Waals surface area contributed by atoms with Gasteiger partial charge in [-0.3, -0.25) is 0 Å². The van der Waals surface area contributed by atoms with E-state index in [9.17, 15) is 8.42 Å². The molecule has 0 saturated carbocycles. The number of aryl methyl sites for hydroxylation is 1. The molecule has 1 aliphatic rings. The van der Waals surface area contributed by atoms with E-state index < -0.39 is 10.0 Å². The van der Waals surface area contributed by atoms with Gasteiger partial charge in [-0.2, -0.15) is 0 Å². The minimum absolute atomic E-state index is 0.0863. The molecule has 6 heteroatoms. The highest BCUT2D eigenvalue weighted by atomic mass is 35.5. The van der Waals surface area contributed by atoms with Crippen LogP contribution in [0.25, 0.3) is 0 Å². The van der Waals surface area contributed by atoms with Crippen molar-refractivity contribution in [3.63, 3.8) is 0 Å². The number of fused-ring (bicyclic) bond motifs is 1. The van der Waals surface area contributed by atoms with E-state index in [4.69, 9.17) is 11.6 Å². The standard InChI is InChI=1S/C15H15ClN2O2S/c16-15-10-14(7-8-17-15)21(19,20)18-13-6-5-11-3-1-2-4-12(11)9-13/h1-4,7-8,10,13,18H,5-6,9H2. The Kier molecular flexibility index (Phi) is 3.97. The summed E-state index contributed by atoms with van der Waals surface area (Å²) in [5, 5.41) is 0.173. The molecular weight excluding hydrogens is 308 g/mol. The predicted octanol–water partition coefficient (Wildman–Crippen LogP) is 2.57. The lowest BCUT2D eigenvalue weighted by atomic mass is 9.89. The minimum Gasteiger partial charge on any atom is -0.244 e. The molecule has 0 fully saturated rings. The van der Waals surface area contributed by atoms with E-state index in [0.717, 1.165) is 12.8 Å². The molecule has 1 aromatic heterocycles. The number of halogens is 1. The Morgan fingerprint density at radius 1 is 1.19 bits per heavy atom. The van der Waals surface area contributed by atoms with E-state index >= 15 is 0 Å². The molecule has 1 aromatic carbocycles. The molecule has 3 rings (SSSR count). The zero-order valence-electron chi connectivity index (χ0n) is 11.3. The average molecular weight is 323 g/mol. The molecule has 0 bridgehead atoms. The Hall–Kier alpha value is -1.43. The lowest BCUT2D eigenvalue weighted by molar-refractivity contribution is 0.507. The van der Waals surface area contributed by atoms with Gasteiger partial charge in [-0.15, -0.1) is 0 Å². The summed E-state index contributed by atoms with van der Waals surface area (Å²) >= 11 is 5.76. The monoisotopic (exact) mass is 322 g/mol. The first kappa shape index (κ1) is 14.5. The van der Waals surface area contributed by atoms with Crippen LogP contribution in [0, 0.1) is 0 Å². The number of aromatic nitrogens is 1. The smallest absolute Gasteiger partial charge is 0.240 e. The number of benzene rings is 1. The van der Waals surface area contributed by atoms with E-state index in [0.29, 0.717) is 6.42 Å². The average Bonchev–Trinajstić information content (AvgIpc) is 2.47. The summed E-state index contributed by atoms with van der Waals surface area (Å²) in [7, 11) is -3.56. The highest BCUT2D eigenvalue weighted by Gasteiger charge is 2.24. The molecule has 21 heavy (non-hydrogen) atoms. The van der Waals surface area contributed by atoms with Crippen LogP contribution < -0.4 is 4.72 Å². The maximum absolute atomic E-state index is 12.4. The third-order valence-electron chi connectivity index (χ3n) is 3.68. The first-order chi connectivity index (χ1) is 10.0. The molecular formula is C15H15ClN2O2S. The molecule has 4 nitrogen and oxygen atoms in total. The fourth-order valence-corrected chi connectivity index (χ4v) is 4.16. The topological polar surface area (TPSA) is 59.1 Å². The molecule has 0 saturated heterocycles. The zero-order valence-corrected chi connectivity index (χ0v) is 12.9. The number of nitrogens with one attached hydrogen (secondary N) is 1. The van der Waals surface area contributed by atoms with Crippen molar-refractivity contribution in [1.82, 2.24) is 9.71 Å². The van der Waals surface area contributed by atoms with Gasteiger partial charge in [-0.05, 0) is 42.5 Å². The van der Waals surface area contributed by atoms with Gasteiger partial charge in [-0.1, -0.05) is 35.9 Å². The summed E-state index contributed by atoms with van der Waals surface area (Å²) in [5.41, 5.74) is 2.52.